The first kappa shape index (κ1) is 21.7. The van der Waals surface area contributed by atoms with E-state index in [1.165, 1.54) is 11.0 Å². The zero-order valence-electron chi connectivity index (χ0n) is 16.5. The summed E-state index contributed by atoms with van der Waals surface area (Å²) >= 11 is 0. The lowest BCUT2D eigenvalue weighted by molar-refractivity contribution is -0.0915. The molecule has 1 aliphatic heterocycles. The van der Waals surface area contributed by atoms with Gasteiger partial charge in [-0.25, -0.2) is 9.59 Å². The molecule has 0 unspecified atom stereocenters. The number of ether oxygens (including phenoxy) is 3. The molecular weight excluding hydrogens is 364 g/mol. The molecule has 0 bridgehead atoms. The van der Waals surface area contributed by atoms with Crippen molar-refractivity contribution in [3.8, 4) is 0 Å². The van der Waals surface area contributed by atoms with E-state index in [9.17, 15) is 14.7 Å². The number of hydrogen-bond acceptors (Lipinski definition) is 6. The van der Waals surface area contributed by atoms with E-state index in [-0.39, 0.29) is 26.3 Å². The topological polar surface area (TPSA) is 97.3 Å². The van der Waals surface area contributed by atoms with Gasteiger partial charge in [0.2, 0.25) is 0 Å². The number of alkyl carbamates (subject to hydrolysis) is 1. The Morgan fingerprint density at radius 2 is 2.04 bits per heavy atom. The third kappa shape index (κ3) is 6.24. The standard InChI is InChI=1S/C20H28N2O6/c1-5-11-26-16-12-22(18(24)27-13-15-9-7-6-8-10-15)14-20(16,25)21-17(23)28-19(2,3)4/h5-10,16,25H,1,11-14H2,2-4H3,(H,21,23)/t16-,20-/m0/s1. The van der Waals surface area contributed by atoms with Gasteiger partial charge in [-0.3, -0.25) is 5.32 Å². The zero-order valence-corrected chi connectivity index (χ0v) is 16.5. The van der Waals surface area contributed by atoms with Crippen LogP contribution in [0.5, 0.6) is 0 Å². The van der Waals surface area contributed by atoms with Crippen molar-refractivity contribution in [1.29, 1.82) is 0 Å². The molecule has 1 aromatic rings. The molecule has 1 aromatic carbocycles. The van der Waals surface area contributed by atoms with E-state index in [1.54, 1.807) is 20.8 Å². The number of nitrogens with zero attached hydrogens (tertiary/aromatic N) is 1. The third-order valence-corrected chi connectivity index (χ3v) is 3.95. The van der Waals surface area contributed by atoms with E-state index in [2.05, 4.69) is 11.9 Å². The van der Waals surface area contributed by atoms with Gasteiger partial charge in [0.05, 0.1) is 19.7 Å². The largest absolute Gasteiger partial charge is 0.445 e. The van der Waals surface area contributed by atoms with Crippen LogP contribution in [0, 0.1) is 0 Å². The lowest BCUT2D eigenvalue weighted by Crippen LogP contribution is -2.58. The Bertz CT molecular complexity index is 688. The van der Waals surface area contributed by atoms with Gasteiger partial charge in [-0.1, -0.05) is 36.4 Å². The van der Waals surface area contributed by atoms with Crippen LogP contribution in [0.15, 0.2) is 43.0 Å². The predicted octanol–water partition coefficient (Wildman–Crippen LogP) is 2.42. The summed E-state index contributed by atoms with van der Waals surface area (Å²) in [5.41, 5.74) is -1.70. The van der Waals surface area contributed by atoms with Crippen molar-refractivity contribution in [2.24, 2.45) is 0 Å². The summed E-state index contributed by atoms with van der Waals surface area (Å²) in [4.78, 5) is 25.8. The molecule has 154 valence electrons. The fourth-order valence-corrected chi connectivity index (χ4v) is 2.73. The highest BCUT2D eigenvalue weighted by Crippen LogP contribution is 2.24. The van der Waals surface area contributed by atoms with Gasteiger partial charge in [-0.05, 0) is 26.3 Å². The van der Waals surface area contributed by atoms with Crippen molar-refractivity contribution >= 4 is 12.2 Å². The number of nitrogens with one attached hydrogen (secondary N) is 1. The molecule has 1 aliphatic rings. The van der Waals surface area contributed by atoms with E-state index in [0.29, 0.717) is 0 Å². The quantitative estimate of drug-likeness (QED) is 0.570. The number of amides is 2. The van der Waals surface area contributed by atoms with E-state index in [1.807, 2.05) is 30.3 Å². The van der Waals surface area contributed by atoms with Crippen LogP contribution in [-0.2, 0) is 20.8 Å². The number of carbonyl (C=O) groups excluding carboxylic acids is 2. The minimum atomic E-state index is -1.81. The molecule has 0 aromatic heterocycles. The SMILES string of the molecule is C=CCO[C@H]1CN(C(=O)OCc2ccccc2)C[C@@]1(O)NC(=O)OC(C)(C)C. The minimum absolute atomic E-state index is 0.0494. The molecule has 2 N–H and O–H groups in total. The Hall–Kier alpha value is -2.58. The fourth-order valence-electron chi connectivity index (χ4n) is 2.73. The molecule has 2 atom stereocenters. The Balaban J connectivity index is 2.02. The highest BCUT2D eigenvalue weighted by atomic mass is 16.6. The van der Waals surface area contributed by atoms with Crippen molar-refractivity contribution in [2.75, 3.05) is 19.7 Å². The summed E-state index contributed by atoms with van der Waals surface area (Å²) in [5, 5.41) is 13.3. The average Bonchev–Trinajstić information content (AvgIpc) is 2.93. The monoisotopic (exact) mass is 392 g/mol. The number of aliphatic hydroxyl groups is 1. The van der Waals surface area contributed by atoms with Crippen LogP contribution >= 0.6 is 0 Å². The van der Waals surface area contributed by atoms with Gasteiger partial charge in [0.25, 0.3) is 0 Å². The van der Waals surface area contributed by atoms with E-state index < -0.39 is 29.6 Å². The van der Waals surface area contributed by atoms with E-state index >= 15 is 0 Å². The molecule has 0 saturated carbocycles. The maximum Gasteiger partial charge on any atom is 0.410 e. The molecule has 0 radical (unpaired) electrons. The van der Waals surface area contributed by atoms with Crippen molar-refractivity contribution in [3.63, 3.8) is 0 Å². The number of carbonyl (C=O) groups is 2. The molecule has 8 heteroatoms. The number of β-amino-alcohol motifs (C(OH)–C–C–N with tert-alkyl or cyclic N) is 1. The van der Waals surface area contributed by atoms with Crippen molar-refractivity contribution < 1.29 is 28.9 Å². The maximum atomic E-state index is 12.4. The lowest BCUT2D eigenvalue weighted by atomic mass is 10.1. The number of benzene rings is 1. The maximum absolute atomic E-state index is 12.4. The Morgan fingerprint density at radius 1 is 1.36 bits per heavy atom. The molecule has 2 amide bonds. The van der Waals surface area contributed by atoms with Crippen LogP contribution in [-0.4, -0.2) is 59.3 Å². The second kappa shape index (κ2) is 9.07. The van der Waals surface area contributed by atoms with Crippen molar-refractivity contribution in [2.45, 2.75) is 44.8 Å². The summed E-state index contributed by atoms with van der Waals surface area (Å²) in [7, 11) is 0. The minimum Gasteiger partial charge on any atom is -0.445 e. The van der Waals surface area contributed by atoms with Crippen molar-refractivity contribution in [3.05, 3.63) is 48.6 Å². The van der Waals surface area contributed by atoms with Crippen LogP contribution in [0.1, 0.15) is 26.3 Å². The Labute approximate surface area is 165 Å². The van der Waals surface area contributed by atoms with Gasteiger partial charge in [-0.15, -0.1) is 6.58 Å². The third-order valence-electron chi connectivity index (χ3n) is 3.95. The first-order valence-electron chi connectivity index (χ1n) is 9.04. The van der Waals surface area contributed by atoms with E-state index in [0.717, 1.165) is 5.56 Å². The van der Waals surface area contributed by atoms with Crippen LogP contribution in [0.4, 0.5) is 9.59 Å². The van der Waals surface area contributed by atoms with Gasteiger partial charge >= 0.3 is 12.2 Å². The highest BCUT2D eigenvalue weighted by Gasteiger charge is 2.50. The Kier molecular flexibility index (Phi) is 7.04. The van der Waals surface area contributed by atoms with Crippen LogP contribution in [0.2, 0.25) is 0 Å². The molecular formula is C20H28N2O6. The van der Waals surface area contributed by atoms with Gasteiger partial charge in [-0.2, -0.15) is 0 Å². The van der Waals surface area contributed by atoms with E-state index in [4.69, 9.17) is 14.2 Å². The summed E-state index contributed by atoms with van der Waals surface area (Å²) in [5.74, 6) is 0. The number of likely N-dealkylation sites (tertiary alicyclic amines) is 1. The fraction of sp³-hybridized carbons (Fsp3) is 0.500. The summed E-state index contributed by atoms with van der Waals surface area (Å²) in [6.45, 7) is 8.82. The van der Waals surface area contributed by atoms with Gasteiger partial charge in [0, 0.05) is 0 Å². The van der Waals surface area contributed by atoms with Crippen LogP contribution in [0.25, 0.3) is 0 Å². The summed E-state index contributed by atoms with van der Waals surface area (Å²) in [6, 6.07) is 9.25. The second-order valence-corrected chi connectivity index (χ2v) is 7.58. The molecule has 2 rings (SSSR count). The van der Waals surface area contributed by atoms with Gasteiger partial charge in [0.15, 0.2) is 5.72 Å². The first-order chi connectivity index (χ1) is 13.1. The summed E-state index contributed by atoms with van der Waals surface area (Å²) < 4.78 is 16.1. The molecule has 1 fully saturated rings. The molecule has 0 spiro atoms. The second-order valence-electron chi connectivity index (χ2n) is 7.58. The molecule has 8 nitrogen and oxygen atoms in total. The highest BCUT2D eigenvalue weighted by molar-refractivity contribution is 5.71. The molecule has 1 saturated heterocycles. The smallest absolute Gasteiger partial charge is 0.410 e. The van der Waals surface area contributed by atoms with Gasteiger partial charge in [0.1, 0.15) is 18.3 Å². The normalized spacial score (nSPS) is 21.9. The molecule has 28 heavy (non-hydrogen) atoms. The average molecular weight is 392 g/mol. The Morgan fingerprint density at radius 3 is 2.64 bits per heavy atom. The first-order valence-corrected chi connectivity index (χ1v) is 9.04. The van der Waals surface area contributed by atoms with Crippen LogP contribution < -0.4 is 5.32 Å². The number of rotatable bonds is 6. The van der Waals surface area contributed by atoms with Crippen molar-refractivity contribution in [1.82, 2.24) is 10.2 Å². The summed E-state index contributed by atoms with van der Waals surface area (Å²) in [6.07, 6.45) is -0.758. The lowest BCUT2D eigenvalue weighted by Gasteiger charge is -2.30. The zero-order chi connectivity index (χ0) is 20.8. The molecule has 0 aliphatic carbocycles. The van der Waals surface area contributed by atoms with Crippen LogP contribution in [0.3, 0.4) is 0 Å². The van der Waals surface area contributed by atoms with Gasteiger partial charge < -0.3 is 24.2 Å². The number of hydrogen-bond donors (Lipinski definition) is 2. The molecule has 1 heterocycles. The predicted molar refractivity (Wildman–Crippen MR) is 102 cm³/mol.